The Morgan fingerprint density at radius 1 is 0.939 bits per heavy atom. The van der Waals surface area contributed by atoms with E-state index < -0.39 is 0 Å². The van der Waals surface area contributed by atoms with Gasteiger partial charge in [0, 0.05) is 26.8 Å². The average Bonchev–Trinajstić information content (AvgIpc) is 3.36. The molecule has 0 aliphatic carbocycles. The molecule has 0 aliphatic heterocycles. The molecule has 0 radical (unpaired) electrons. The maximum atomic E-state index is 13.9. The van der Waals surface area contributed by atoms with Crippen molar-refractivity contribution < 1.29 is 19.4 Å². The fraction of sp³-hybridized carbons (Fsp3) is 0.0769. The number of carbonyl (C=O) groups is 1. The molecule has 0 unspecified atom stereocenters. The number of thiophene rings is 1. The first-order valence-electron chi connectivity index (χ1n) is 10.1. The SMILES string of the molecule is Cc1cc(F)cc(C)c1C(=O)c1sc2cc(O)ccc2c1-c1ccc(-c2nc(O)cs2)cc1. The van der Waals surface area contributed by atoms with Gasteiger partial charge in [0.1, 0.15) is 16.6 Å². The van der Waals surface area contributed by atoms with Gasteiger partial charge in [-0.25, -0.2) is 9.37 Å². The number of halogens is 1. The van der Waals surface area contributed by atoms with E-state index in [-0.39, 0.29) is 23.2 Å². The van der Waals surface area contributed by atoms with Crippen molar-refractivity contribution in [2.24, 2.45) is 0 Å². The number of fused-ring (bicyclic) bond motifs is 1. The summed E-state index contributed by atoms with van der Waals surface area (Å²) in [5.74, 6) is -0.426. The molecule has 2 heterocycles. The van der Waals surface area contributed by atoms with Crippen molar-refractivity contribution in [2.45, 2.75) is 13.8 Å². The van der Waals surface area contributed by atoms with Crippen LogP contribution in [-0.2, 0) is 0 Å². The normalized spacial score (nSPS) is 11.2. The smallest absolute Gasteiger partial charge is 0.222 e. The maximum Gasteiger partial charge on any atom is 0.222 e. The summed E-state index contributed by atoms with van der Waals surface area (Å²) in [5.41, 5.74) is 4.14. The van der Waals surface area contributed by atoms with Gasteiger partial charge in [0.05, 0.1) is 10.3 Å². The quantitative estimate of drug-likeness (QED) is 0.272. The molecule has 0 spiro atoms. The van der Waals surface area contributed by atoms with E-state index in [0.29, 0.717) is 26.6 Å². The van der Waals surface area contributed by atoms with Gasteiger partial charge in [-0.15, -0.1) is 22.7 Å². The summed E-state index contributed by atoms with van der Waals surface area (Å²) < 4.78 is 14.6. The monoisotopic (exact) mass is 475 g/mol. The number of thiazole rings is 1. The molecule has 0 bridgehead atoms. The van der Waals surface area contributed by atoms with Crippen LogP contribution < -0.4 is 0 Å². The summed E-state index contributed by atoms with van der Waals surface area (Å²) in [5, 5.41) is 22.7. The number of aryl methyl sites for hydroxylation is 2. The average molecular weight is 476 g/mol. The zero-order valence-electron chi connectivity index (χ0n) is 17.7. The third-order valence-corrected chi connectivity index (χ3v) is 7.55. The third-order valence-electron chi connectivity index (χ3n) is 5.52. The molecule has 0 saturated carbocycles. The fourth-order valence-corrected chi connectivity index (χ4v) is 5.98. The molecule has 3 aromatic carbocycles. The number of nitrogens with zero attached hydrogens (tertiary/aromatic N) is 1. The van der Waals surface area contributed by atoms with Gasteiger partial charge in [0.2, 0.25) is 11.7 Å². The van der Waals surface area contributed by atoms with Crippen LogP contribution in [0.3, 0.4) is 0 Å². The highest BCUT2D eigenvalue weighted by atomic mass is 32.1. The summed E-state index contributed by atoms with van der Waals surface area (Å²) >= 11 is 2.66. The molecule has 2 aromatic heterocycles. The number of hydrogen-bond donors (Lipinski definition) is 2. The molecule has 0 atom stereocenters. The second-order valence-corrected chi connectivity index (χ2v) is 9.73. The number of aromatic nitrogens is 1. The zero-order valence-corrected chi connectivity index (χ0v) is 19.4. The molecule has 5 rings (SSSR count). The number of aromatic hydroxyl groups is 2. The lowest BCUT2D eigenvalue weighted by molar-refractivity contribution is 0.104. The van der Waals surface area contributed by atoms with Crippen LogP contribution in [0.5, 0.6) is 11.6 Å². The van der Waals surface area contributed by atoms with Crippen LogP contribution in [0, 0.1) is 19.7 Å². The number of ketones is 1. The summed E-state index contributed by atoms with van der Waals surface area (Å²) in [6, 6.07) is 15.5. The minimum Gasteiger partial charge on any atom is -0.508 e. The Hall–Kier alpha value is -3.55. The summed E-state index contributed by atoms with van der Waals surface area (Å²) in [7, 11) is 0. The van der Waals surface area contributed by atoms with Gasteiger partial charge in [-0.1, -0.05) is 24.3 Å². The van der Waals surface area contributed by atoms with Crippen molar-refractivity contribution >= 4 is 38.5 Å². The molecular formula is C26H18FNO3S2. The van der Waals surface area contributed by atoms with Gasteiger partial charge in [-0.05, 0) is 60.9 Å². The van der Waals surface area contributed by atoms with Crippen molar-refractivity contribution in [3.05, 3.63) is 87.4 Å². The van der Waals surface area contributed by atoms with Gasteiger partial charge in [-0.3, -0.25) is 4.79 Å². The van der Waals surface area contributed by atoms with E-state index in [1.165, 1.54) is 34.8 Å². The van der Waals surface area contributed by atoms with Crippen LogP contribution in [0.25, 0.3) is 31.8 Å². The van der Waals surface area contributed by atoms with E-state index in [9.17, 15) is 19.4 Å². The van der Waals surface area contributed by atoms with Crippen molar-refractivity contribution in [1.29, 1.82) is 0 Å². The third kappa shape index (κ3) is 3.79. The maximum absolute atomic E-state index is 13.9. The molecule has 7 heteroatoms. The lowest BCUT2D eigenvalue weighted by atomic mass is 9.93. The van der Waals surface area contributed by atoms with E-state index in [4.69, 9.17) is 0 Å². The van der Waals surface area contributed by atoms with Gasteiger partial charge in [-0.2, -0.15) is 0 Å². The Morgan fingerprint density at radius 3 is 2.24 bits per heavy atom. The summed E-state index contributed by atoms with van der Waals surface area (Å²) in [6.07, 6.45) is 0. The fourth-order valence-electron chi connectivity index (χ4n) is 4.09. The molecule has 0 amide bonds. The van der Waals surface area contributed by atoms with Crippen LogP contribution >= 0.6 is 22.7 Å². The molecule has 164 valence electrons. The Kier molecular flexibility index (Phi) is 5.23. The largest absolute Gasteiger partial charge is 0.508 e. The van der Waals surface area contributed by atoms with Gasteiger partial charge in [0.25, 0.3) is 0 Å². The number of hydrogen-bond acceptors (Lipinski definition) is 6. The Labute approximate surface area is 197 Å². The van der Waals surface area contributed by atoms with E-state index in [0.717, 1.165) is 26.8 Å². The number of benzene rings is 3. The second-order valence-electron chi connectivity index (χ2n) is 7.82. The van der Waals surface area contributed by atoms with Crippen LogP contribution in [-0.4, -0.2) is 21.0 Å². The first-order valence-corrected chi connectivity index (χ1v) is 11.8. The van der Waals surface area contributed by atoms with E-state index >= 15 is 0 Å². The highest BCUT2D eigenvalue weighted by molar-refractivity contribution is 7.21. The van der Waals surface area contributed by atoms with Gasteiger partial charge in [0.15, 0.2) is 0 Å². The van der Waals surface area contributed by atoms with Gasteiger partial charge >= 0.3 is 0 Å². The molecule has 0 fully saturated rings. The zero-order chi connectivity index (χ0) is 23.3. The highest BCUT2D eigenvalue weighted by Gasteiger charge is 2.24. The van der Waals surface area contributed by atoms with Crippen LogP contribution in [0.2, 0.25) is 0 Å². The topological polar surface area (TPSA) is 70.4 Å². The van der Waals surface area contributed by atoms with Crippen LogP contribution in [0.15, 0.2) is 60.0 Å². The molecule has 33 heavy (non-hydrogen) atoms. The molecule has 0 aliphatic rings. The number of phenolic OH excluding ortho intramolecular Hbond substituents is 1. The Bertz CT molecular complexity index is 1510. The standard InChI is InChI=1S/C26H18FNO3S2/c1-13-9-17(27)10-14(2)22(13)24(31)25-23(19-8-7-18(29)11-20(19)33-25)15-3-5-16(6-4-15)26-28-21(30)12-32-26/h3-12,29-30H,1-2H3. The lowest BCUT2D eigenvalue weighted by Crippen LogP contribution is -2.06. The summed E-state index contributed by atoms with van der Waals surface area (Å²) in [4.78, 5) is 18.4. The van der Waals surface area contributed by atoms with E-state index in [2.05, 4.69) is 4.98 Å². The minimum absolute atomic E-state index is 0.0133. The van der Waals surface area contributed by atoms with Crippen molar-refractivity contribution in [3.63, 3.8) is 0 Å². The number of phenols is 1. The highest BCUT2D eigenvalue weighted by Crippen LogP contribution is 2.42. The summed E-state index contributed by atoms with van der Waals surface area (Å²) in [6.45, 7) is 3.47. The lowest BCUT2D eigenvalue weighted by Gasteiger charge is -2.11. The molecule has 0 saturated heterocycles. The van der Waals surface area contributed by atoms with Crippen molar-refractivity contribution in [2.75, 3.05) is 0 Å². The number of carbonyl (C=O) groups excluding carboxylic acids is 1. The molecular weight excluding hydrogens is 457 g/mol. The predicted molar refractivity (Wildman–Crippen MR) is 131 cm³/mol. The predicted octanol–water partition coefficient (Wildman–Crippen LogP) is 7.09. The molecule has 2 N–H and O–H groups in total. The number of rotatable bonds is 4. The van der Waals surface area contributed by atoms with Crippen LogP contribution in [0.1, 0.15) is 26.4 Å². The minimum atomic E-state index is -0.369. The van der Waals surface area contributed by atoms with E-state index in [1.54, 1.807) is 31.4 Å². The Balaban J connectivity index is 1.69. The van der Waals surface area contributed by atoms with E-state index in [1.807, 2.05) is 30.3 Å². The van der Waals surface area contributed by atoms with Crippen molar-refractivity contribution in [1.82, 2.24) is 4.98 Å². The molecule has 5 aromatic rings. The first kappa shape index (κ1) is 21.3. The van der Waals surface area contributed by atoms with Crippen LogP contribution in [0.4, 0.5) is 4.39 Å². The van der Waals surface area contributed by atoms with Crippen molar-refractivity contribution in [3.8, 4) is 33.3 Å². The molecule has 4 nitrogen and oxygen atoms in total. The van der Waals surface area contributed by atoms with Gasteiger partial charge < -0.3 is 10.2 Å². The Morgan fingerprint density at radius 2 is 1.61 bits per heavy atom. The second kappa shape index (κ2) is 8.10. The first-order chi connectivity index (χ1) is 15.8.